The highest BCUT2D eigenvalue weighted by atomic mass is 31.1. The van der Waals surface area contributed by atoms with Crippen molar-refractivity contribution in [2.75, 3.05) is 0 Å². The highest BCUT2D eigenvalue weighted by Gasteiger charge is 2.54. The molecule has 5 aliphatic rings. The lowest BCUT2D eigenvalue weighted by atomic mass is 9.69. The van der Waals surface area contributed by atoms with Crippen molar-refractivity contribution >= 4 is 31.8 Å². The molecule has 0 nitrogen and oxygen atoms in total. The summed E-state index contributed by atoms with van der Waals surface area (Å²) >= 11 is 0. The summed E-state index contributed by atoms with van der Waals surface area (Å²) < 4.78 is 180. The molecule has 5 saturated carbocycles. The fourth-order valence-corrected chi connectivity index (χ4v) is 22.1. The van der Waals surface area contributed by atoms with Crippen LogP contribution in [0.5, 0.6) is 0 Å². The molecule has 0 heterocycles. The average molecular weight is 1030 g/mol. The lowest BCUT2D eigenvalue weighted by molar-refractivity contribution is -0.144. The van der Waals surface area contributed by atoms with Gasteiger partial charge in [0.05, 0.1) is 22.3 Å². The van der Waals surface area contributed by atoms with Crippen LogP contribution < -0.4 is 15.9 Å². The Hall–Kier alpha value is -2.32. The summed E-state index contributed by atoms with van der Waals surface area (Å²) in [6.45, 7) is 1.89. The molecule has 8 rings (SSSR count). The Morgan fingerprint density at radius 1 is 0.400 bits per heavy atom. The van der Waals surface area contributed by atoms with Crippen molar-refractivity contribution < 1.29 is 52.7 Å². The van der Waals surface area contributed by atoms with Gasteiger partial charge in [0.25, 0.3) is 0 Å². The molecule has 5 aliphatic carbocycles. The molecule has 388 valence electrons. The first-order valence-corrected chi connectivity index (χ1v) is 29.2. The second-order valence-electron chi connectivity index (χ2n) is 21.9. The van der Waals surface area contributed by atoms with E-state index in [1.807, 2.05) is 13.0 Å². The molecule has 5 atom stereocenters. The maximum Gasteiger partial charge on any atom is 0.416 e. The third-order valence-corrected chi connectivity index (χ3v) is 24.4. The summed E-state index contributed by atoms with van der Waals surface area (Å²) in [5.41, 5.74) is -4.37. The molecule has 70 heavy (non-hydrogen) atoms. The molecular formula is C56H70F12P2. The van der Waals surface area contributed by atoms with E-state index < -0.39 is 90.4 Å². The van der Waals surface area contributed by atoms with Crippen molar-refractivity contribution in [2.45, 2.75) is 215 Å². The Morgan fingerprint density at radius 2 is 0.800 bits per heavy atom. The minimum absolute atomic E-state index is 0.0186. The van der Waals surface area contributed by atoms with E-state index in [1.165, 1.54) is 18.1 Å². The number of hydrogen-bond acceptors (Lipinski definition) is 0. The van der Waals surface area contributed by atoms with Gasteiger partial charge in [0.2, 0.25) is 0 Å². The Kier molecular flexibility index (Phi) is 17.2. The largest absolute Gasteiger partial charge is 0.416 e. The lowest BCUT2D eigenvalue weighted by Crippen LogP contribution is -2.47. The molecule has 3 aromatic carbocycles. The van der Waals surface area contributed by atoms with Crippen LogP contribution >= 0.6 is 15.8 Å². The summed E-state index contributed by atoms with van der Waals surface area (Å²) in [6, 6.07) is 11.0. The molecule has 0 aromatic heterocycles. The summed E-state index contributed by atoms with van der Waals surface area (Å²) in [5, 5.41) is -1.02. The number of alkyl halides is 12. The van der Waals surface area contributed by atoms with Crippen molar-refractivity contribution in [1.82, 2.24) is 0 Å². The van der Waals surface area contributed by atoms with Crippen LogP contribution in [0.15, 0.2) is 60.7 Å². The van der Waals surface area contributed by atoms with Crippen LogP contribution in [0.1, 0.15) is 201 Å². The molecule has 14 heteroatoms. The monoisotopic (exact) mass is 1030 g/mol. The molecule has 3 aromatic rings. The number of rotatable bonds is 10. The fourth-order valence-electron chi connectivity index (χ4n) is 14.3. The summed E-state index contributed by atoms with van der Waals surface area (Å²) in [4.78, 5) is 0. The zero-order valence-corrected chi connectivity index (χ0v) is 42.2. The normalized spacial score (nSPS) is 25.7. The topological polar surface area (TPSA) is 0 Å². The van der Waals surface area contributed by atoms with Crippen LogP contribution in [0.3, 0.4) is 0 Å². The molecule has 4 unspecified atom stereocenters. The minimum Gasteiger partial charge on any atom is -0.166 e. The number of halogens is 12. The van der Waals surface area contributed by atoms with Crippen LogP contribution in [0.4, 0.5) is 52.7 Å². The van der Waals surface area contributed by atoms with Gasteiger partial charge in [0.15, 0.2) is 0 Å². The fraction of sp³-hybridized carbons (Fsp3) is 0.679. The molecule has 0 saturated heterocycles. The van der Waals surface area contributed by atoms with Crippen molar-refractivity contribution in [3.05, 3.63) is 88.5 Å². The van der Waals surface area contributed by atoms with Crippen molar-refractivity contribution in [3.8, 4) is 0 Å². The van der Waals surface area contributed by atoms with E-state index in [-0.39, 0.29) is 18.1 Å². The maximum atomic E-state index is 15.0. The van der Waals surface area contributed by atoms with Gasteiger partial charge in [0, 0.05) is 5.16 Å². The van der Waals surface area contributed by atoms with E-state index in [0.717, 1.165) is 115 Å². The van der Waals surface area contributed by atoms with E-state index in [9.17, 15) is 0 Å². The van der Waals surface area contributed by atoms with Gasteiger partial charge in [-0.05, 0) is 164 Å². The molecule has 0 amide bonds. The second kappa shape index (κ2) is 22.3. The van der Waals surface area contributed by atoms with E-state index in [2.05, 4.69) is 18.2 Å². The standard InChI is InChI=1S/C56H70F12P2/c1-52(39-20-7-3-2-6-17-38(29-30-39)37-18-12-13-19-37,50-27-16-26-48(50)49-25-14-15-28-51(49)69(44-21-8-4-9-22-44)45-23-10-5-11-24-45)70(46-33-40(53(57,58)59)31-41(34-46)54(60,61)62)47-35-42(55(63,64)65)32-43(36-47)56(66,67)68/h14-15,25,28,31-39,44-45,48,50H,2-13,16-24,26-27,29-30H2,1H3/t38?,39?,48?,50?,52-/m0/s1. The predicted octanol–water partition coefficient (Wildman–Crippen LogP) is 18.9. The van der Waals surface area contributed by atoms with Crippen LogP contribution in [0.25, 0.3) is 0 Å². The molecule has 0 radical (unpaired) electrons. The minimum atomic E-state index is -5.30. The van der Waals surface area contributed by atoms with E-state index in [4.69, 9.17) is 0 Å². The van der Waals surface area contributed by atoms with Crippen LogP contribution in [0.2, 0.25) is 0 Å². The number of hydrogen-bond donors (Lipinski definition) is 0. The van der Waals surface area contributed by atoms with Gasteiger partial charge in [-0.25, -0.2) is 0 Å². The third-order valence-electron chi connectivity index (χ3n) is 17.6. The molecule has 0 bridgehead atoms. The van der Waals surface area contributed by atoms with Gasteiger partial charge in [-0.1, -0.05) is 142 Å². The summed E-state index contributed by atoms with van der Waals surface area (Å²) in [6.07, 6.45) is 2.65. The molecule has 0 N–H and O–H groups in total. The zero-order chi connectivity index (χ0) is 50.1. The van der Waals surface area contributed by atoms with E-state index >= 15 is 52.7 Å². The van der Waals surface area contributed by atoms with Crippen LogP contribution in [-0.2, 0) is 24.7 Å². The number of benzene rings is 3. The predicted molar refractivity (Wildman–Crippen MR) is 260 cm³/mol. The SMILES string of the molecule is C[C@](C1CCCCCCC(C2CCCC2)CC1)(C1CCCC1c1ccccc1P(C1CCCCC1)C1CCCCC1)P(c1cc(C(F)(F)F)cc(C(F)(F)F)c1)c1cc(C(F)(F)F)cc(C(F)(F)F)c1. The first-order chi connectivity index (χ1) is 33.1. The Morgan fingerprint density at radius 3 is 1.27 bits per heavy atom. The van der Waals surface area contributed by atoms with Crippen LogP contribution in [0, 0.1) is 23.7 Å². The Labute approximate surface area is 409 Å². The van der Waals surface area contributed by atoms with Gasteiger partial charge < -0.3 is 0 Å². The second-order valence-corrected chi connectivity index (χ2v) is 27.3. The zero-order valence-electron chi connectivity index (χ0n) is 40.4. The summed E-state index contributed by atoms with van der Waals surface area (Å²) in [5.74, 6) is -0.369. The lowest BCUT2D eigenvalue weighted by Gasteiger charge is -2.52. The molecule has 0 spiro atoms. The highest BCUT2D eigenvalue weighted by Crippen LogP contribution is 2.66. The molecule has 0 aliphatic heterocycles. The highest BCUT2D eigenvalue weighted by molar-refractivity contribution is 7.74. The molecule has 5 fully saturated rings. The van der Waals surface area contributed by atoms with Crippen molar-refractivity contribution in [2.24, 2.45) is 23.7 Å². The Balaban J connectivity index is 1.40. The maximum absolute atomic E-state index is 15.0. The smallest absolute Gasteiger partial charge is 0.166 e. The van der Waals surface area contributed by atoms with Gasteiger partial charge in [-0.2, -0.15) is 52.7 Å². The van der Waals surface area contributed by atoms with Crippen molar-refractivity contribution in [1.29, 1.82) is 0 Å². The first kappa shape index (κ1) is 54.0. The van der Waals surface area contributed by atoms with Gasteiger partial charge >= 0.3 is 24.7 Å². The van der Waals surface area contributed by atoms with Gasteiger partial charge in [-0.15, -0.1) is 0 Å². The third kappa shape index (κ3) is 12.3. The average Bonchev–Trinajstić information content (AvgIpc) is 4.05. The van der Waals surface area contributed by atoms with Gasteiger partial charge in [0.1, 0.15) is 0 Å². The first-order valence-electron chi connectivity index (χ1n) is 26.4. The van der Waals surface area contributed by atoms with E-state index in [1.54, 1.807) is 0 Å². The Bertz CT molecular complexity index is 2020. The quantitative estimate of drug-likeness (QED) is 0.140. The van der Waals surface area contributed by atoms with E-state index in [0.29, 0.717) is 85.9 Å². The van der Waals surface area contributed by atoms with Crippen molar-refractivity contribution in [3.63, 3.8) is 0 Å². The van der Waals surface area contributed by atoms with Crippen LogP contribution in [-0.4, -0.2) is 16.5 Å². The molecular weight excluding hydrogens is 963 g/mol. The van der Waals surface area contributed by atoms with Gasteiger partial charge in [-0.3, -0.25) is 0 Å². The summed E-state index contributed by atoms with van der Waals surface area (Å²) in [7, 11) is -3.50.